The number of rotatable bonds is 8. The van der Waals surface area contributed by atoms with Gasteiger partial charge in [0.1, 0.15) is 5.82 Å². The van der Waals surface area contributed by atoms with E-state index >= 15 is 0 Å². The minimum absolute atomic E-state index is 0.169. The second-order valence-corrected chi connectivity index (χ2v) is 5.90. The fourth-order valence-electron chi connectivity index (χ4n) is 2.60. The lowest BCUT2D eigenvalue weighted by molar-refractivity contribution is 0.423. The maximum Gasteiger partial charge on any atom is 0.127 e. The van der Waals surface area contributed by atoms with Crippen molar-refractivity contribution in [3.63, 3.8) is 0 Å². The molecule has 19 heavy (non-hydrogen) atoms. The summed E-state index contributed by atoms with van der Waals surface area (Å²) in [5.74, 6) is 0.680. The maximum absolute atomic E-state index is 13.6. The predicted molar refractivity (Wildman–Crippen MR) is 79.2 cm³/mol. The van der Waals surface area contributed by atoms with E-state index < -0.39 is 0 Å². The lowest BCUT2D eigenvalue weighted by Crippen LogP contribution is -2.31. The number of hydrogen-bond acceptors (Lipinski definition) is 1. The van der Waals surface area contributed by atoms with E-state index in [0.717, 1.165) is 31.7 Å². The van der Waals surface area contributed by atoms with E-state index in [1.165, 1.54) is 25.3 Å². The molecule has 0 bridgehead atoms. The standard InChI is InChI=1S/C16H23ClFN/c1-2-11-19-16(12-9-10-12)8-3-5-13-14(17)6-4-7-15(13)18/h4,6-7,12,16,19H,2-3,5,8-11H2,1H3. The van der Waals surface area contributed by atoms with Gasteiger partial charge in [-0.15, -0.1) is 0 Å². The summed E-state index contributed by atoms with van der Waals surface area (Å²) >= 11 is 6.05. The largest absolute Gasteiger partial charge is 0.314 e. The van der Waals surface area contributed by atoms with Gasteiger partial charge in [0.05, 0.1) is 0 Å². The van der Waals surface area contributed by atoms with Crippen molar-refractivity contribution in [1.29, 1.82) is 0 Å². The van der Waals surface area contributed by atoms with E-state index in [0.29, 0.717) is 16.6 Å². The molecule has 106 valence electrons. The zero-order valence-electron chi connectivity index (χ0n) is 11.6. The Bertz CT molecular complexity index is 383. The lowest BCUT2D eigenvalue weighted by Gasteiger charge is -2.18. The van der Waals surface area contributed by atoms with Crippen LogP contribution in [0.25, 0.3) is 0 Å². The van der Waals surface area contributed by atoms with Crippen molar-refractivity contribution in [1.82, 2.24) is 5.32 Å². The Balaban J connectivity index is 1.81. The second-order valence-electron chi connectivity index (χ2n) is 5.49. The first-order chi connectivity index (χ1) is 9.22. The maximum atomic E-state index is 13.6. The molecule has 1 fully saturated rings. The molecule has 2 rings (SSSR count). The monoisotopic (exact) mass is 283 g/mol. The Hall–Kier alpha value is -0.600. The highest BCUT2D eigenvalue weighted by molar-refractivity contribution is 6.31. The molecule has 0 heterocycles. The van der Waals surface area contributed by atoms with Gasteiger partial charge in [-0.05, 0) is 63.1 Å². The molecule has 1 aliphatic rings. The molecular formula is C16H23ClFN. The van der Waals surface area contributed by atoms with E-state index in [1.807, 2.05) is 0 Å². The highest BCUT2D eigenvalue weighted by atomic mass is 35.5. The van der Waals surface area contributed by atoms with Crippen LogP contribution in [-0.4, -0.2) is 12.6 Å². The first-order valence-corrected chi connectivity index (χ1v) is 7.76. The van der Waals surface area contributed by atoms with Gasteiger partial charge in [0, 0.05) is 16.6 Å². The van der Waals surface area contributed by atoms with Crippen LogP contribution in [0.1, 0.15) is 44.6 Å². The predicted octanol–water partition coefficient (Wildman–Crippen LogP) is 4.58. The fourth-order valence-corrected chi connectivity index (χ4v) is 2.86. The highest BCUT2D eigenvalue weighted by Gasteiger charge is 2.30. The van der Waals surface area contributed by atoms with Gasteiger partial charge in [-0.1, -0.05) is 24.6 Å². The summed E-state index contributed by atoms with van der Waals surface area (Å²) in [4.78, 5) is 0. The highest BCUT2D eigenvalue weighted by Crippen LogP contribution is 2.35. The number of halogens is 2. The molecule has 0 amide bonds. The fraction of sp³-hybridized carbons (Fsp3) is 0.625. The summed E-state index contributed by atoms with van der Waals surface area (Å²) in [6.45, 7) is 3.28. The van der Waals surface area contributed by atoms with E-state index in [1.54, 1.807) is 12.1 Å². The molecule has 1 unspecified atom stereocenters. The van der Waals surface area contributed by atoms with Crippen molar-refractivity contribution in [2.75, 3.05) is 6.54 Å². The topological polar surface area (TPSA) is 12.0 Å². The third kappa shape index (κ3) is 4.47. The molecule has 0 aromatic heterocycles. The van der Waals surface area contributed by atoms with Crippen LogP contribution in [0.4, 0.5) is 4.39 Å². The van der Waals surface area contributed by atoms with Crippen LogP contribution in [0.5, 0.6) is 0 Å². The van der Waals surface area contributed by atoms with Crippen molar-refractivity contribution >= 4 is 11.6 Å². The van der Waals surface area contributed by atoms with E-state index in [9.17, 15) is 4.39 Å². The molecular weight excluding hydrogens is 261 g/mol. The third-order valence-corrected chi connectivity index (χ3v) is 4.21. The van der Waals surface area contributed by atoms with E-state index in [2.05, 4.69) is 12.2 Å². The van der Waals surface area contributed by atoms with Gasteiger partial charge < -0.3 is 5.32 Å². The van der Waals surface area contributed by atoms with Crippen molar-refractivity contribution in [3.8, 4) is 0 Å². The minimum atomic E-state index is -0.169. The van der Waals surface area contributed by atoms with Crippen molar-refractivity contribution in [2.45, 2.75) is 51.5 Å². The zero-order chi connectivity index (χ0) is 13.7. The number of benzene rings is 1. The molecule has 0 radical (unpaired) electrons. The van der Waals surface area contributed by atoms with Gasteiger partial charge in [0.15, 0.2) is 0 Å². The second kappa shape index (κ2) is 7.25. The van der Waals surface area contributed by atoms with Crippen molar-refractivity contribution < 1.29 is 4.39 Å². The first-order valence-electron chi connectivity index (χ1n) is 7.38. The van der Waals surface area contributed by atoms with Crippen LogP contribution in [0.3, 0.4) is 0 Å². The normalized spacial score (nSPS) is 16.6. The lowest BCUT2D eigenvalue weighted by atomic mass is 10.0. The van der Waals surface area contributed by atoms with Crippen LogP contribution in [0, 0.1) is 11.7 Å². The smallest absolute Gasteiger partial charge is 0.127 e. The van der Waals surface area contributed by atoms with Gasteiger partial charge >= 0.3 is 0 Å². The number of hydrogen-bond donors (Lipinski definition) is 1. The average Bonchev–Trinajstić information content (AvgIpc) is 3.21. The van der Waals surface area contributed by atoms with Crippen molar-refractivity contribution in [3.05, 3.63) is 34.6 Å². The summed E-state index contributed by atoms with van der Waals surface area (Å²) < 4.78 is 13.6. The minimum Gasteiger partial charge on any atom is -0.314 e. The molecule has 1 aromatic carbocycles. The van der Waals surface area contributed by atoms with Gasteiger partial charge in [-0.3, -0.25) is 0 Å². The third-order valence-electron chi connectivity index (χ3n) is 3.85. The van der Waals surface area contributed by atoms with E-state index in [-0.39, 0.29) is 5.82 Å². The molecule has 1 aromatic rings. The number of nitrogens with one attached hydrogen (secondary N) is 1. The molecule has 0 saturated heterocycles. The van der Waals surface area contributed by atoms with Crippen LogP contribution < -0.4 is 5.32 Å². The van der Waals surface area contributed by atoms with Gasteiger partial charge in [0.25, 0.3) is 0 Å². The van der Waals surface area contributed by atoms with Gasteiger partial charge in [0.2, 0.25) is 0 Å². The Morgan fingerprint density at radius 1 is 1.42 bits per heavy atom. The zero-order valence-corrected chi connectivity index (χ0v) is 12.3. The average molecular weight is 284 g/mol. The molecule has 1 aliphatic carbocycles. The van der Waals surface area contributed by atoms with Crippen LogP contribution in [0.15, 0.2) is 18.2 Å². The Labute approximate surface area is 120 Å². The quantitative estimate of drug-likeness (QED) is 0.736. The molecule has 1 N–H and O–H groups in total. The molecule has 1 atom stereocenters. The first kappa shape index (κ1) is 14.8. The van der Waals surface area contributed by atoms with E-state index in [4.69, 9.17) is 11.6 Å². The molecule has 3 heteroatoms. The molecule has 1 saturated carbocycles. The summed E-state index contributed by atoms with van der Waals surface area (Å²) in [6, 6.07) is 5.55. The summed E-state index contributed by atoms with van der Waals surface area (Å²) in [6.07, 6.45) is 6.72. The summed E-state index contributed by atoms with van der Waals surface area (Å²) in [7, 11) is 0. The molecule has 0 aliphatic heterocycles. The molecule has 1 nitrogen and oxygen atoms in total. The van der Waals surface area contributed by atoms with Crippen LogP contribution in [0.2, 0.25) is 5.02 Å². The SMILES string of the molecule is CCCNC(CCCc1c(F)cccc1Cl)C1CC1. The van der Waals surface area contributed by atoms with Crippen LogP contribution >= 0.6 is 11.6 Å². The summed E-state index contributed by atoms with van der Waals surface area (Å²) in [5, 5.41) is 4.18. The van der Waals surface area contributed by atoms with Crippen molar-refractivity contribution in [2.24, 2.45) is 5.92 Å². The Kier molecular flexibility index (Phi) is 5.65. The van der Waals surface area contributed by atoms with Gasteiger partial charge in [-0.2, -0.15) is 0 Å². The van der Waals surface area contributed by atoms with Gasteiger partial charge in [-0.25, -0.2) is 4.39 Å². The Morgan fingerprint density at radius 3 is 2.84 bits per heavy atom. The van der Waals surface area contributed by atoms with Crippen LogP contribution in [-0.2, 0) is 6.42 Å². The summed E-state index contributed by atoms with van der Waals surface area (Å²) in [5.41, 5.74) is 0.675. The Morgan fingerprint density at radius 2 is 2.21 bits per heavy atom. The molecule has 0 spiro atoms.